The third-order valence-electron chi connectivity index (χ3n) is 4.06. The van der Waals surface area contributed by atoms with Crippen LogP contribution in [-0.4, -0.2) is 45.3 Å². The lowest BCUT2D eigenvalue weighted by Gasteiger charge is -2.14. The molecule has 32 heavy (non-hydrogen) atoms. The molecule has 4 aromatic rings. The van der Waals surface area contributed by atoms with Crippen LogP contribution < -0.4 is 0 Å². The minimum Gasteiger partial charge on any atom is -0.507 e. The molecule has 0 spiro atoms. The topological polar surface area (TPSA) is 190 Å². The smallest absolute Gasteiger partial charge is 0.394 e. The molecular weight excluding hydrogens is 464 g/mol. The fourth-order valence-electron chi connectivity index (χ4n) is 3.05. The molecule has 12 heteroatoms. The molecule has 6 N–H and O–H groups in total. The van der Waals surface area contributed by atoms with Crippen LogP contribution >= 0.6 is 0 Å². The van der Waals surface area contributed by atoms with E-state index in [1.54, 1.807) is 12.1 Å². The average molecular weight is 482 g/mol. The first kappa shape index (κ1) is 25.0. The van der Waals surface area contributed by atoms with Crippen molar-refractivity contribution in [3.05, 3.63) is 72.8 Å². The standard InChI is InChI=1S/C20H14O2.2H2O4S/c21-17-11-9-13-5-1-3-7-15(13)19(17)20-16-8-4-2-6-14(16)10-12-18(20)22;2*1-5(2,3)4/h1-12,21-22H;2*(H2,1,2,3,4). The first-order valence-corrected chi connectivity index (χ1v) is 11.4. The minimum atomic E-state index is -4.67. The number of benzene rings is 4. The zero-order valence-electron chi connectivity index (χ0n) is 16.1. The number of phenolic OH excluding ortho intramolecular Hbond substituents is 2. The number of phenols is 2. The Balaban J connectivity index is 0.000000308. The third kappa shape index (κ3) is 7.46. The molecule has 0 aliphatic carbocycles. The average Bonchev–Trinajstić information content (AvgIpc) is 2.66. The van der Waals surface area contributed by atoms with Crippen LogP contribution in [-0.2, 0) is 20.8 Å². The maximum absolute atomic E-state index is 10.4. The van der Waals surface area contributed by atoms with Crippen LogP contribution in [0.15, 0.2) is 72.8 Å². The summed E-state index contributed by atoms with van der Waals surface area (Å²) < 4.78 is 63.2. The van der Waals surface area contributed by atoms with E-state index in [0.29, 0.717) is 11.1 Å². The fourth-order valence-corrected chi connectivity index (χ4v) is 3.05. The highest BCUT2D eigenvalue weighted by atomic mass is 32.3. The largest absolute Gasteiger partial charge is 0.507 e. The van der Waals surface area contributed by atoms with Crippen molar-refractivity contribution in [1.82, 2.24) is 0 Å². The van der Waals surface area contributed by atoms with Gasteiger partial charge in [-0.1, -0.05) is 60.7 Å². The molecule has 0 unspecified atom stereocenters. The summed E-state index contributed by atoms with van der Waals surface area (Å²) in [4.78, 5) is 0. The van der Waals surface area contributed by atoms with Crippen LogP contribution in [0.3, 0.4) is 0 Å². The second-order valence-corrected chi connectivity index (χ2v) is 8.05. The second-order valence-electron chi connectivity index (χ2n) is 6.26. The molecule has 170 valence electrons. The lowest BCUT2D eigenvalue weighted by molar-refractivity contribution is 0.378. The first-order valence-electron chi connectivity index (χ1n) is 8.57. The summed E-state index contributed by atoms with van der Waals surface area (Å²) in [6.45, 7) is 0. The van der Waals surface area contributed by atoms with Gasteiger partial charge >= 0.3 is 20.8 Å². The van der Waals surface area contributed by atoms with Crippen LogP contribution in [0.25, 0.3) is 32.7 Å². The van der Waals surface area contributed by atoms with Gasteiger partial charge in [0.1, 0.15) is 11.5 Å². The van der Waals surface area contributed by atoms with Crippen LogP contribution in [0.2, 0.25) is 0 Å². The van der Waals surface area contributed by atoms with Gasteiger partial charge in [0.25, 0.3) is 0 Å². The molecule has 0 saturated carbocycles. The van der Waals surface area contributed by atoms with E-state index in [1.165, 1.54) is 0 Å². The molecule has 0 fully saturated rings. The Morgan fingerprint density at radius 2 is 0.750 bits per heavy atom. The van der Waals surface area contributed by atoms with E-state index in [4.69, 9.17) is 35.0 Å². The Morgan fingerprint density at radius 3 is 1.06 bits per heavy atom. The van der Waals surface area contributed by atoms with E-state index < -0.39 is 20.8 Å². The zero-order chi connectivity index (χ0) is 24.1. The first-order chi connectivity index (χ1) is 14.8. The van der Waals surface area contributed by atoms with Gasteiger partial charge in [-0.2, -0.15) is 16.8 Å². The van der Waals surface area contributed by atoms with Gasteiger partial charge in [-0.15, -0.1) is 0 Å². The van der Waals surface area contributed by atoms with Gasteiger partial charge in [-0.25, -0.2) is 0 Å². The molecule has 0 heterocycles. The van der Waals surface area contributed by atoms with E-state index in [2.05, 4.69) is 0 Å². The molecular formula is C20H18O10S2. The minimum absolute atomic E-state index is 0.172. The number of hydrogen-bond acceptors (Lipinski definition) is 6. The molecule has 0 amide bonds. The van der Waals surface area contributed by atoms with Gasteiger partial charge in [-0.3, -0.25) is 18.2 Å². The lowest BCUT2D eigenvalue weighted by Crippen LogP contribution is -1.89. The van der Waals surface area contributed by atoms with Crippen molar-refractivity contribution in [3.8, 4) is 22.6 Å². The summed E-state index contributed by atoms with van der Waals surface area (Å²) in [5.41, 5.74) is 1.35. The highest BCUT2D eigenvalue weighted by Crippen LogP contribution is 2.44. The fraction of sp³-hybridized carbons (Fsp3) is 0. The third-order valence-corrected chi connectivity index (χ3v) is 4.06. The number of hydrogen-bond donors (Lipinski definition) is 6. The molecule has 0 aromatic heterocycles. The zero-order valence-corrected chi connectivity index (χ0v) is 17.7. The Bertz CT molecular complexity index is 1330. The van der Waals surface area contributed by atoms with Crippen LogP contribution in [0.5, 0.6) is 11.5 Å². The van der Waals surface area contributed by atoms with Crippen molar-refractivity contribution >= 4 is 42.3 Å². The normalized spacial score (nSPS) is 11.2. The van der Waals surface area contributed by atoms with Gasteiger partial charge in [0.15, 0.2) is 0 Å². The Morgan fingerprint density at radius 1 is 0.469 bits per heavy atom. The van der Waals surface area contributed by atoms with E-state index in [9.17, 15) is 10.2 Å². The van der Waals surface area contributed by atoms with Crippen molar-refractivity contribution in [2.45, 2.75) is 0 Å². The summed E-state index contributed by atoms with van der Waals surface area (Å²) in [6, 6.07) is 22.9. The van der Waals surface area contributed by atoms with Gasteiger partial charge in [0, 0.05) is 11.1 Å². The van der Waals surface area contributed by atoms with Crippen molar-refractivity contribution in [1.29, 1.82) is 0 Å². The van der Waals surface area contributed by atoms with Crippen LogP contribution in [0.4, 0.5) is 0 Å². The van der Waals surface area contributed by atoms with Crippen molar-refractivity contribution in [3.63, 3.8) is 0 Å². The molecule has 0 aliphatic rings. The summed E-state index contributed by atoms with van der Waals surface area (Å²) in [7, 11) is -9.33. The highest BCUT2D eigenvalue weighted by molar-refractivity contribution is 7.80. The monoisotopic (exact) mass is 482 g/mol. The van der Waals surface area contributed by atoms with Crippen molar-refractivity contribution in [2.75, 3.05) is 0 Å². The predicted octanol–water partition coefficient (Wildman–Crippen LogP) is 3.77. The van der Waals surface area contributed by atoms with E-state index in [0.717, 1.165) is 21.5 Å². The molecule has 0 aliphatic heterocycles. The number of aromatic hydroxyl groups is 2. The highest BCUT2D eigenvalue weighted by Gasteiger charge is 2.16. The van der Waals surface area contributed by atoms with Gasteiger partial charge in [0.05, 0.1) is 0 Å². The maximum atomic E-state index is 10.4. The van der Waals surface area contributed by atoms with Gasteiger partial charge in [0.2, 0.25) is 0 Å². The van der Waals surface area contributed by atoms with Crippen molar-refractivity contribution in [2.24, 2.45) is 0 Å². The van der Waals surface area contributed by atoms with Gasteiger partial charge in [-0.05, 0) is 33.7 Å². The summed E-state index contributed by atoms with van der Waals surface area (Å²) in [5.74, 6) is 0.343. The molecule has 0 atom stereocenters. The lowest BCUT2D eigenvalue weighted by atomic mass is 9.92. The molecule has 0 saturated heterocycles. The molecule has 0 radical (unpaired) electrons. The van der Waals surface area contributed by atoms with Crippen LogP contribution in [0.1, 0.15) is 0 Å². The van der Waals surface area contributed by atoms with Crippen LogP contribution in [0, 0.1) is 0 Å². The predicted molar refractivity (Wildman–Crippen MR) is 119 cm³/mol. The SMILES string of the molecule is O=S(=O)(O)O.O=S(=O)(O)O.Oc1ccc2ccccc2c1-c1c(O)ccc2ccccc12. The van der Waals surface area contributed by atoms with Gasteiger partial charge < -0.3 is 10.2 Å². The Kier molecular flexibility index (Phi) is 7.74. The summed E-state index contributed by atoms with van der Waals surface area (Å²) >= 11 is 0. The maximum Gasteiger partial charge on any atom is 0.394 e. The van der Waals surface area contributed by atoms with E-state index in [1.807, 2.05) is 60.7 Å². The number of rotatable bonds is 1. The quantitative estimate of drug-likeness (QED) is 0.218. The second kappa shape index (κ2) is 9.91. The molecule has 4 aromatic carbocycles. The number of fused-ring (bicyclic) bond motifs is 2. The van der Waals surface area contributed by atoms with E-state index in [-0.39, 0.29) is 11.5 Å². The molecule has 10 nitrogen and oxygen atoms in total. The summed E-state index contributed by atoms with van der Waals surface area (Å²) in [5, 5.41) is 24.8. The Hall–Kier alpha value is -3.26. The van der Waals surface area contributed by atoms with E-state index >= 15 is 0 Å². The molecule has 0 bridgehead atoms. The van der Waals surface area contributed by atoms with Crippen molar-refractivity contribution < 1.29 is 45.3 Å². The Labute approximate surface area is 183 Å². The molecule has 4 rings (SSSR count). The summed E-state index contributed by atoms with van der Waals surface area (Å²) in [6.07, 6.45) is 0.